The minimum atomic E-state index is -0.227. The quantitative estimate of drug-likeness (QED) is 0.880. The van der Waals surface area contributed by atoms with Crippen LogP contribution >= 0.6 is 0 Å². The highest BCUT2D eigenvalue weighted by Gasteiger charge is 2.33. The number of anilines is 2. The van der Waals surface area contributed by atoms with Crippen molar-refractivity contribution in [2.24, 2.45) is 0 Å². The number of hydrogen-bond donors (Lipinski definition) is 1. The van der Waals surface area contributed by atoms with E-state index in [1.807, 2.05) is 31.2 Å². The molecule has 2 heterocycles. The molecular formula is C21H22N2O5. The van der Waals surface area contributed by atoms with E-state index in [0.29, 0.717) is 29.5 Å². The number of para-hydroxylation sites is 1. The molecule has 4 rings (SSSR count). The molecule has 7 nitrogen and oxygen atoms in total. The van der Waals surface area contributed by atoms with Crippen LogP contribution in [0, 0.1) is 0 Å². The maximum absolute atomic E-state index is 12.4. The maximum Gasteiger partial charge on any atom is 0.265 e. The van der Waals surface area contributed by atoms with E-state index in [9.17, 15) is 9.59 Å². The van der Waals surface area contributed by atoms with Crippen LogP contribution in [-0.4, -0.2) is 39.2 Å². The zero-order valence-electron chi connectivity index (χ0n) is 16.1. The van der Waals surface area contributed by atoms with Crippen LogP contribution in [0.3, 0.4) is 0 Å². The molecule has 0 aromatic heterocycles. The normalized spacial score (nSPS) is 18.0. The summed E-state index contributed by atoms with van der Waals surface area (Å²) < 4.78 is 16.6. The summed E-state index contributed by atoms with van der Waals surface area (Å²) >= 11 is 0. The second kappa shape index (κ2) is 7.07. The van der Waals surface area contributed by atoms with Gasteiger partial charge in [-0.1, -0.05) is 12.1 Å². The Morgan fingerprint density at radius 3 is 2.71 bits per heavy atom. The van der Waals surface area contributed by atoms with Crippen LogP contribution in [0.4, 0.5) is 11.4 Å². The van der Waals surface area contributed by atoms with E-state index in [1.165, 1.54) is 0 Å². The number of rotatable bonds is 4. The van der Waals surface area contributed by atoms with Crippen molar-refractivity contribution in [3.63, 3.8) is 0 Å². The first kappa shape index (κ1) is 18.2. The van der Waals surface area contributed by atoms with E-state index in [4.69, 9.17) is 14.2 Å². The lowest BCUT2D eigenvalue weighted by Crippen LogP contribution is -2.39. The molecule has 0 fully saturated rings. The highest BCUT2D eigenvalue weighted by atomic mass is 16.5. The smallest absolute Gasteiger partial charge is 0.265 e. The third-order valence-corrected chi connectivity index (χ3v) is 5.24. The van der Waals surface area contributed by atoms with E-state index in [1.54, 1.807) is 25.2 Å². The Morgan fingerprint density at radius 1 is 1.18 bits per heavy atom. The van der Waals surface area contributed by atoms with Gasteiger partial charge in [-0.05, 0) is 24.6 Å². The first-order valence-corrected chi connectivity index (χ1v) is 9.19. The molecule has 0 bridgehead atoms. The second-order valence-corrected chi connectivity index (χ2v) is 6.72. The first-order chi connectivity index (χ1) is 13.6. The lowest BCUT2D eigenvalue weighted by Gasteiger charge is -2.33. The Morgan fingerprint density at radius 2 is 2.00 bits per heavy atom. The number of ether oxygens (including phenoxy) is 3. The molecule has 2 aromatic carbocycles. The summed E-state index contributed by atoms with van der Waals surface area (Å²) in [6, 6.07) is 9.38. The molecule has 2 aromatic rings. The van der Waals surface area contributed by atoms with Gasteiger partial charge in [0.15, 0.2) is 18.1 Å². The Hall–Kier alpha value is -3.22. The maximum atomic E-state index is 12.4. The van der Waals surface area contributed by atoms with E-state index in [2.05, 4.69) is 5.32 Å². The summed E-state index contributed by atoms with van der Waals surface area (Å²) in [6.07, 6.45) is 0.274. The van der Waals surface area contributed by atoms with Crippen LogP contribution in [0.2, 0.25) is 0 Å². The number of hydrogen-bond acceptors (Lipinski definition) is 5. The molecule has 7 heteroatoms. The average molecular weight is 382 g/mol. The van der Waals surface area contributed by atoms with Gasteiger partial charge in [-0.25, -0.2) is 0 Å². The van der Waals surface area contributed by atoms with Gasteiger partial charge >= 0.3 is 0 Å². The first-order valence-electron chi connectivity index (χ1n) is 9.19. The summed E-state index contributed by atoms with van der Waals surface area (Å²) in [6.45, 7) is 2.48. The van der Waals surface area contributed by atoms with Gasteiger partial charge < -0.3 is 24.4 Å². The fourth-order valence-corrected chi connectivity index (χ4v) is 3.97. The molecule has 0 aliphatic carbocycles. The van der Waals surface area contributed by atoms with Crippen LogP contribution < -0.4 is 24.4 Å². The predicted molar refractivity (Wildman–Crippen MR) is 105 cm³/mol. The van der Waals surface area contributed by atoms with Crippen molar-refractivity contribution in [2.45, 2.75) is 19.3 Å². The number of nitrogens with zero attached hydrogens (tertiary/aromatic N) is 1. The van der Waals surface area contributed by atoms with Gasteiger partial charge in [-0.3, -0.25) is 9.59 Å². The number of fused-ring (bicyclic) bond motifs is 2. The standard InChI is InChI=1S/C21H22N2O5/c1-4-23-16-8-14-13(12-6-5-7-17(26-2)21(12)27-3)9-19(24)22-15(14)10-18(16)28-11-20(23)25/h5-8,10,13H,4,9,11H2,1-3H3,(H,22,24). The van der Waals surface area contributed by atoms with E-state index >= 15 is 0 Å². The summed E-state index contributed by atoms with van der Waals surface area (Å²) in [5, 5.41) is 2.93. The van der Waals surface area contributed by atoms with Crippen molar-refractivity contribution in [3.8, 4) is 17.2 Å². The molecule has 0 saturated carbocycles. The van der Waals surface area contributed by atoms with Crippen LogP contribution in [0.5, 0.6) is 17.2 Å². The Labute approximate surface area is 163 Å². The SMILES string of the molecule is CCN1C(=O)COc2cc3c(cc21)C(c1cccc(OC)c1OC)CC(=O)N3. The Kier molecular flexibility index (Phi) is 4.58. The molecule has 1 N–H and O–H groups in total. The molecule has 28 heavy (non-hydrogen) atoms. The van der Waals surface area contributed by atoms with Gasteiger partial charge in [0.1, 0.15) is 5.75 Å². The highest BCUT2D eigenvalue weighted by Crippen LogP contribution is 2.47. The summed E-state index contributed by atoms with van der Waals surface area (Å²) in [5.74, 6) is 1.42. The molecule has 0 radical (unpaired) electrons. The molecule has 2 aliphatic rings. The molecule has 1 atom stereocenters. The zero-order chi connectivity index (χ0) is 19.8. The number of methoxy groups -OCH3 is 2. The van der Waals surface area contributed by atoms with Crippen molar-refractivity contribution < 1.29 is 23.8 Å². The molecule has 1 unspecified atom stereocenters. The van der Waals surface area contributed by atoms with Crippen molar-refractivity contribution in [1.82, 2.24) is 0 Å². The molecule has 2 aliphatic heterocycles. The average Bonchev–Trinajstić information content (AvgIpc) is 2.71. The number of amides is 2. The second-order valence-electron chi connectivity index (χ2n) is 6.72. The molecule has 146 valence electrons. The van der Waals surface area contributed by atoms with Crippen LogP contribution in [0.25, 0.3) is 0 Å². The number of nitrogens with one attached hydrogen (secondary N) is 1. The lowest BCUT2D eigenvalue weighted by molar-refractivity contribution is -0.121. The monoisotopic (exact) mass is 382 g/mol. The summed E-state index contributed by atoms with van der Waals surface area (Å²) in [4.78, 5) is 26.4. The fourth-order valence-electron chi connectivity index (χ4n) is 3.97. The Balaban J connectivity index is 1.89. The van der Waals surface area contributed by atoms with Gasteiger partial charge in [0.25, 0.3) is 5.91 Å². The minimum Gasteiger partial charge on any atom is -0.493 e. The summed E-state index contributed by atoms with van der Waals surface area (Å²) in [7, 11) is 3.17. The zero-order valence-corrected chi connectivity index (χ0v) is 16.1. The van der Waals surface area contributed by atoms with Crippen molar-refractivity contribution in [3.05, 3.63) is 41.5 Å². The summed E-state index contributed by atoms with van der Waals surface area (Å²) in [5.41, 5.74) is 3.20. The third kappa shape index (κ3) is 2.83. The molecule has 0 saturated heterocycles. The third-order valence-electron chi connectivity index (χ3n) is 5.24. The Bertz CT molecular complexity index is 956. The van der Waals surface area contributed by atoms with Crippen LogP contribution in [0.15, 0.2) is 30.3 Å². The lowest BCUT2D eigenvalue weighted by atomic mass is 9.83. The van der Waals surface area contributed by atoms with Gasteiger partial charge in [0.05, 0.1) is 19.9 Å². The number of likely N-dealkylation sites (N-methyl/N-ethyl adjacent to an activating group) is 1. The number of benzene rings is 2. The van der Waals surface area contributed by atoms with E-state index in [0.717, 1.165) is 16.8 Å². The van der Waals surface area contributed by atoms with E-state index < -0.39 is 0 Å². The number of carbonyl (C=O) groups is 2. The molecule has 2 amide bonds. The molecular weight excluding hydrogens is 360 g/mol. The largest absolute Gasteiger partial charge is 0.493 e. The minimum absolute atomic E-state index is 0.000703. The molecule has 0 spiro atoms. The van der Waals surface area contributed by atoms with Gasteiger partial charge in [-0.15, -0.1) is 0 Å². The van der Waals surface area contributed by atoms with Crippen molar-refractivity contribution in [1.29, 1.82) is 0 Å². The van der Waals surface area contributed by atoms with E-state index in [-0.39, 0.29) is 30.8 Å². The van der Waals surface area contributed by atoms with Crippen LogP contribution in [0.1, 0.15) is 30.4 Å². The fraction of sp³-hybridized carbons (Fsp3) is 0.333. The van der Waals surface area contributed by atoms with Gasteiger partial charge in [-0.2, -0.15) is 0 Å². The number of carbonyl (C=O) groups excluding carboxylic acids is 2. The van der Waals surface area contributed by atoms with Gasteiger partial charge in [0.2, 0.25) is 5.91 Å². The van der Waals surface area contributed by atoms with Crippen molar-refractivity contribution in [2.75, 3.05) is 37.6 Å². The predicted octanol–water partition coefficient (Wildman–Crippen LogP) is 2.92. The van der Waals surface area contributed by atoms with Crippen LogP contribution in [-0.2, 0) is 9.59 Å². The van der Waals surface area contributed by atoms with Crippen molar-refractivity contribution >= 4 is 23.2 Å². The van der Waals surface area contributed by atoms with Gasteiger partial charge in [0, 0.05) is 36.2 Å². The highest BCUT2D eigenvalue weighted by molar-refractivity contribution is 6.01. The topological polar surface area (TPSA) is 77.1 Å².